The number of allylic oxidation sites excluding steroid dienone is 3. The molecule has 3 N–H and O–H groups in total. The molecule has 0 saturated heterocycles. The van der Waals surface area contributed by atoms with Gasteiger partial charge in [0.25, 0.3) is 10.1 Å². The molecule has 0 aromatic heterocycles. The molecule has 0 aliphatic rings. The van der Waals surface area contributed by atoms with E-state index < -0.39 is 28.0 Å². The molecule has 38 heavy (non-hydrogen) atoms. The minimum Gasteiger partial charge on any atom is -0.387 e. The third kappa shape index (κ3) is 26.4. The molecular formula is C31H59NO5S. The van der Waals surface area contributed by atoms with E-state index in [2.05, 4.69) is 31.3 Å². The fourth-order valence-corrected chi connectivity index (χ4v) is 5.23. The molecule has 0 aromatic rings. The lowest BCUT2D eigenvalue weighted by Crippen LogP contribution is -2.46. The number of rotatable bonds is 27. The van der Waals surface area contributed by atoms with E-state index >= 15 is 0 Å². The predicted molar refractivity (Wildman–Crippen MR) is 161 cm³/mol. The van der Waals surface area contributed by atoms with Crippen molar-refractivity contribution in [3.8, 4) is 0 Å². The lowest BCUT2D eigenvalue weighted by atomic mass is 10.1. The summed E-state index contributed by atoms with van der Waals surface area (Å²) in [5, 5.41) is 12.9. The van der Waals surface area contributed by atoms with Gasteiger partial charge in [-0.25, -0.2) is 0 Å². The van der Waals surface area contributed by atoms with Crippen LogP contribution in [-0.2, 0) is 14.9 Å². The Hall–Kier alpha value is -1.18. The molecular weight excluding hydrogens is 498 g/mol. The smallest absolute Gasteiger partial charge is 0.267 e. The molecule has 0 rings (SSSR count). The Morgan fingerprint density at radius 2 is 1.11 bits per heavy atom. The second-order valence-electron chi connectivity index (χ2n) is 10.7. The fraction of sp³-hybridized carbons (Fsp3) is 0.839. The van der Waals surface area contributed by atoms with Crippen molar-refractivity contribution in [2.45, 2.75) is 161 Å². The molecule has 0 aromatic carbocycles. The molecule has 2 atom stereocenters. The van der Waals surface area contributed by atoms with E-state index in [4.69, 9.17) is 0 Å². The molecule has 0 bridgehead atoms. The first-order chi connectivity index (χ1) is 18.3. The third-order valence-corrected chi connectivity index (χ3v) is 7.65. The standard InChI is InChI=1S/C31H59NO5S/c1-3-5-7-9-10-11-12-13-14-15-16-17-18-19-20-21-23-25-27-31(34)32-29(28-38(35,36)37)30(33)26-24-22-8-6-4-2/h14-15,24,26,29-30,33H,3-13,16-23,25,27-28H2,1-2H3,(H,32,34)(H,35,36,37)/b15-14-,26-24+. The monoisotopic (exact) mass is 557 g/mol. The van der Waals surface area contributed by atoms with Crippen LogP contribution in [0.1, 0.15) is 149 Å². The fourth-order valence-electron chi connectivity index (χ4n) is 4.50. The number of aliphatic hydroxyl groups is 1. The maximum atomic E-state index is 12.3. The van der Waals surface area contributed by atoms with Crippen molar-refractivity contribution in [3.05, 3.63) is 24.3 Å². The highest BCUT2D eigenvalue weighted by Gasteiger charge is 2.24. The molecule has 2 unspecified atom stereocenters. The minimum absolute atomic E-state index is 0.290. The van der Waals surface area contributed by atoms with Crippen LogP contribution < -0.4 is 5.32 Å². The zero-order valence-corrected chi connectivity index (χ0v) is 25.4. The number of carbonyl (C=O) groups is 1. The second-order valence-corrected chi connectivity index (χ2v) is 12.2. The highest BCUT2D eigenvalue weighted by molar-refractivity contribution is 7.85. The normalized spacial score (nSPS) is 13.9. The van der Waals surface area contributed by atoms with Gasteiger partial charge in [-0.3, -0.25) is 9.35 Å². The Kier molecular flexibility index (Phi) is 25.3. The quantitative estimate of drug-likeness (QED) is 0.0538. The van der Waals surface area contributed by atoms with Crippen LogP contribution in [0.4, 0.5) is 0 Å². The average molecular weight is 558 g/mol. The second kappa shape index (κ2) is 26.1. The number of unbranched alkanes of at least 4 members (excludes halogenated alkanes) is 17. The first kappa shape index (κ1) is 36.8. The van der Waals surface area contributed by atoms with Gasteiger partial charge in [0.15, 0.2) is 0 Å². The van der Waals surface area contributed by atoms with Gasteiger partial charge in [0.2, 0.25) is 5.91 Å². The van der Waals surface area contributed by atoms with Gasteiger partial charge in [-0.15, -0.1) is 0 Å². The van der Waals surface area contributed by atoms with Crippen LogP contribution in [0.15, 0.2) is 24.3 Å². The van der Waals surface area contributed by atoms with Gasteiger partial charge >= 0.3 is 0 Å². The van der Waals surface area contributed by atoms with Crippen molar-refractivity contribution in [1.29, 1.82) is 0 Å². The topological polar surface area (TPSA) is 104 Å². The van der Waals surface area contributed by atoms with Crippen LogP contribution in [0.25, 0.3) is 0 Å². The van der Waals surface area contributed by atoms with Crippen LogP contribution in [-0.4, -0.2) is 41.9 Å². The Morgan fingerprint density at radius 1 is 0.684 bits per heavy atom. The van der Waals surface area contributed by atoms with Crippen LogP contribution in [0.5, 0.6) is 0 Å². The largest absolute Gasteiger partial charge is 0.387 e. The van der Waals surface area contributed by atoms with Gasteiger partial charge in [-0.1, -0.05) is 122 Å². The highest BCUT2D eigenvalue weighted by Crippen LogP contribution is 2.12. The third-order valence-electron chi connectivity index (χ3n) is 6.87. The van der Waals surface area contributed by atoms with Crippen LogP contribution in [0.2, 0.25) is 0 Å². The molecule has 0 heterocycles. The number of hydrogen-bond acceptors (Lipinski definition) is 4. The summed E-state index contributed by atoms with van der Waals surface area (Å²) in [6.45, 7) is 4.36. The maximum absolute atomic E-state index is 12.3. The van der Waals surface area contributed by atoms with Gasteiger partial charge in [0, 0.05) is 6.42 Å². The van der Waals surface area contributed by atoms with E-state index in [-0.39, 0.29) is 5.91 Å². The Bertz CT molecular complexity index is 705. The number of nitrogens with one attached hydrogen (secondary N) is 1. The molecule has 0 saturated carbocycles. The zero-order chi connectivity index (χ0) is 28.3. The summed E-state index contributed by atoms with van der Waals surface area (Å²) < 4.78 is 31.9. The first-order valence-electron chi connectivity index (χ1n) is 15.5. The maximum Gasteiger partial charge on any atom is 0.267 e. The number of aliphatic hydroxyl groups excluding tert-OH is 1. The SMILES string of the molecule is CCCCC/C=C/C(O)C(CS(=O)(=O)O)NC(=O)CCCCCCCCC/C=C\CCCCCCCCC. The van der Waals surface area contributed by atoms with Gasteiger partial charge < -0.3 is 10.4 Å². The van der Waals surface area contributed by atoms with Crippen molar-refractivity contribution in [1.82, 2.24) is 5.32 Å². The Labute approximate surface area is 234 Å². The van der Waals surface area contributed by atoms with E-state index in [1.165, 1.54) is 83.1 Å². The Morgan fingerprint density at radius 3 is 1.63 bits per heavy atom. The van der Waals surface area contributed by atoms with E-state index in [0.717, 1.165) is 51.4 Å². The molecule has 0 aliphatic carbocycles. The van der Waals surface area contributed by atoms with Gasteiger partial charge in [-0.2, -0.15) is 8.42 Å². The zero-order valence-electron chi connectivity index (χ0n) is 24.5. The Balaban J connectivity index is 3.86. The van der Waals surface area contributed by atoms with Crippen molar-refractivity contribution >= 4 is 16.0 Å². The molecule has 0 spiro atoms. The van der Waals surface area contributed by atoms with Crippen LogP contribution >= 0.6 is 0 Å². The minimum atomic E-state index is -4.32. The summed E-state index contributed by atoms with van der Waals surface area (Å²) in [6, 6.07) is -1.05. The predicted octanol–water partition coefficient (Wildman–Crippen LogP) is 8.06. The van der Waals surface area contributed by atoms with Crippen LogP contribution in [0, 0.1) is 0 Å². The summed E-state index contributed by atoms with van der Waals surface area (Å²) in [7, 11) is -4.32. The number of hydrogen-bond donors (Lipinski definition) is 3. The van der Waals surface area contributed by atoms with E-state index in [1.807, 2.05) is 0 Å². The summed E-state index contributed by atoms with van der Waals surface area (Å²) in [4.78, 5) is 12.3. The van der Waals surface area contributed by atoms with E-state index in [0.29, 0.717) is 6.42 Å². The number of amides is 1. The molecule has 0 radical (unpaired) electrons. The molecule has 6 nitrogen and oxygen atoms in total. The van der Waals surface area contributed by atoms with E-state index in [1.54, 1.807) is 6.08 Å². The molecule has 224 valence electrons. The summed E-state index contributed by atoms with van der Waals surface area (Å²) in [5.74, 6) is -0.992. The van der Waals surface area contributed by atoms with Crippen molar-refractivity contribution in [2.24, 2.45) is 0 Å². The summed E-state index contributed by atoms with van der Waals surface area (Å²) in [5.41, 5.74) is 0. The molecule has 0 aliphatic heterocycles. The lowest BCUT2D eigenvalue weighted by molar-refractivity contribution is -0.122. The molecule has 7 heteroatoms. The van der Waals surface area contributed by atoms with Crippen molar-refractivity contribution in [2.75, 3.05) is 5.75 Å². The lowest BCUT2D eigenvalue weighted by Gasteiger charge is -2.21. The number of carbonyl (C=O) groups excluding carboxylic acids is 1. The van der Waals surface area contributed by atoms with E-state index in [9.17, 15) is 22.9 Å². The molecule has 1 amide bonds. The summed E-state index contributed by atoms with van der Waals surface area (Å²) >= 11 is 0. The van der Waals surface area contributed by atoms with Crippen LogP contribution in [0.3, 0.4) is 0 Å². The van der Waals surface area contributed by atoms with Gasteiger partial charge in [-0.05, 0) is 44.9 Å². The first-order valence-corrected chi connectivity index (χ1v) is 17.1. The van der Waals surface area contributed by atoms with Crippen molar-refractivity contribution < 1.29 is 22.9 Å². The van der Waals surface area contributed by atoms with Gasteiger partial charge in [0.05, 0.1) is 17.9 Å². The molecule has 0 fully saturated rings. The average Bonchev–Trinajstić information content (AvgIpc) is 2.86. The summed E-state index contributed by atoms with van der Waals surface area (Å²) in [6.07, 6.45) is 30.6. The van der Waals surface area contributed by atoms with Gasteiger partial charge in [0.1, 0.15) is 0 Å². The van der Waals surface area contributed by atoms with Crippen molar-refractivity contribution in [3.63, 3.8) is 0 Å². The highest BCUT2D eigenvalue weighted by atomic mass is 32.2.